The average molecular weight is 285 g/mol. The fraction of sp³-hybridized carbons (Fsp3) is 0.867. The maximum absolute atomic E-state index is 12.0. The lowest BCUT2D eigenvalue weighted by Gasteiger charge is -2.24. The number of carbonyl (C=O) groups excluding carboxylic acids is 2. The van der Waals surface area contributed by atoms with Gasteiger partial charge in [0.05, 0.1) is 12.5 Å². The third-order valence-corrected chi connectivity index (χ3v) is 3.42. The summed E-state index contributed by atoms with van der Waals surface area (Å²) in [7, 11) is 0. The van der Waals surface area contributed by atoms with Crippen LogP contribution >= 0.6 is 0 Å². The summed E-state index contributed by atoms with van der Waals surface area (Å²) in [4.78, 5) is 23.7. The highest BCUT2D eigenvalue weighted by Crippen LogP contribution is 2.31. The Labute approximate surface area is 121 Å². The van der Waals surface area contributed by atoms with Gasteiger partial charge in [-0.05, 0) is 46.5 Å². The number of nitrogens with one attached hydrogen (secondary N) is 1. The first-order valence-corrected chi connectivity index (χ1v) is 7.47. The van der Waals surface area contributed by atoms with Gasteiger partial charge in [0, 0.05) is 6.54 Å². The summed E-state index contributed by atoms with van der Waals surface area (Å²) in [5.74, 6) is -0.163. The molecule has 1 N–H and O–H groups in total. The molecule has 0 aromatic heterocycles. The van der Waals surface area contributed by atoms with E-state index in [2.05, 4.69) is 5.32 Å². The SMILES string of the molecule is CCOC(=O)C(CNC(=O)OC(C)(C)C)C1CCCC1. The summed E-state index contributed by atoms with van der Waals surface area (Å²) in [5.41, 5.74) is -0.531. The minimum atomic E-state index is -0.531. The van der Waals surface area contributed by atoms with Crippen molar-refractivity contribution in [2.75, 3.05) is 13.2 Å². The molecule has 0 saturated heterocycles. The van der Waals surface area contributed by atoms with Crippen molar-refractivity contribution in [1.82, 2.24) is 5.32 Å². The Bertz CT molecular complexity index is 329. The molecule has 0 aromatic carbocycles. The molecule has 0 aliphatic heterocycles. The van der Waals surface area contributed by atoms with Crippen molar-refractivity contribution in [3.8, 4) is 0 Å². The van der Waals surface area contributed by atoms with Crippen molar-refractivity contribution in [3.05, 3.63) is 0 Å². The quantitative estimate of drug-likeness (QED) is 0.789. The van der Waals surface area contributed by atoms with Crippen LogP contribution in [0.2, 0.25) is 0 Å². The van der Waals surface area contributed by atoms with Gasteiger partial charge in [0.25, 0.3) is 0 Å². The number of amides is 1. The third kappa shape index (κ3) is 5.80. The molecule has 0 spiro atoms. The van der Waals surface area contributed by atoms with E-state index >= 15 is 0 Å². The van der Waals surface area contributed by atoms with Crippen LogP contribution in [0.25, 0.3) is 0 Å². The van der Waals surface area contributed by atoms with Crippen LogP contribution < -0.4 is 5.32 Å². The minimum absolute atomic E-state index is 0.213. The predicted molar refractivity (Wildman–Crippen MR) is 76.3 cm³/mol. The highest BCUT2D eigenvalue weighted by Gasteiger charge is 2.32. The molecule has 1 amide bonds. The number of hydrogen-bond acceptors (Lipinski definition) is 4. The number of alkyl carbamates (subject to hydrolysis) is 1. The normalized spacial score (nSPS) is 17.6. The highest BCUT2D eigenvalue weighted by molar-refractivity contribution is 5.74. The maximum Gasteiger partial charge on any atom is 0.407 e. The molecule has 20 heavy (non-hydrogen) atoms. The van der Waals surface area contributed by atoms with Crippen LogP contribution in [0.15, 0.2) is 0 Å². The van der Waals surface area contributed by atoms with Crippen LogP contribution in [0.1, 0.15) is 53.4 Å². The van der Waals surface area contributed by atoms with Crippen molar-refractivity contribution in [3.63, 3.8) is 0 Å². The molecule has 0 bridgehead atoms. The number of esters is 1. The van der Waals surface area contributed by atoms with Crippen LogP contribution in [0.3, 0.4) is 0 Å². The molecule has 1 aliphatic rings. The maximum atomic E-state index is 12.0. The molecule has 0 aromatic rings. The standard InChI is InChI=1S/C15H27NO4/c1-5-19-13(17)12(11-8-6-7-9-11)10-16-14(18)20-15(2,3)4/h11-12H,5-10H2,1-4H3,(H,16,18). The molecule has 1 unspecified atom stereocenters. The van der Waals surface area contributed by atoms with Gasteiger partial charge in [-0.1, -0.05) is 12.8 Å². The van der Waals surface area contributed by atoms with Gasteiger partial charge in [-0.3, -0.25) is 4.79 Å². The molecule has 1 saturated carbocycles. The molecule has 5 nitrogen and oxygen atoms in total. The van der Waals surface area contributed by atoms with E-state index in [4.69, 9.17) is 9.47 Å². The number of hydrogen-bond donors (Lipinski definition) is 1. The highest BCUT2D eigenvalue weighted by atomic mass is 16.6. The molecular weight excluding hydrogens is 258 g/mol. The molecule has 5 heteroatoms. The first-order valence-electron chi connectivity index (χ1n) is 7.47. The lowest BCUT2D eigenvalue weighted by atomic mass is 9.91. The molecular formula is C15H27NO4. The Morgan fingerprint density at radius 2 is 1.85 bits per heavy atom. The smallest absolute Gasteiger partial charge is 0.407 e. The number of carbonyl (C=O) groups is 2. The molecule has 1 aliphatic carbocycles. The number of ether oxygens (including phenoxy) is 2. The van der Waals surface area contributed by atoms with E-state index in [1.54, 1.807) is 6.92 Å². The summed E-state index contributed by atoms with van der Waals surface area (Å²) in [5, 5.41) is 2.69. The van der Waals surface area contributed by atoms with Gasteiger partial charge in [0.1, 0.15) is 5.60 Å². The Hall–Kier alpha value is -1.26. The zero-order valence-corrected chi connectivity index (χ0v) is 13.0. The van der Waals surface area contributed by atoms with E-state index in [1.807, 2.05) is 20.8 Å². The molecule has 116 valence electrons. The predicted octanol–water partition coefficient (Wildman–Crippen LogP) is 2.88. The zero-order chi connectivity index (χ0) is 15.2. The Balaban J connectivity index is 2.52. The second kappa shape index (κ2) is 7.50. The molecule has 1 rings (SSSR count). The lowest BCUT2D eigenvalue weighted by molar-refractivity contribution is -0.149. The summed E-state index contributed by atoms with van der Waals surface area (Å²) >= 11 is 0. The lowest BCUT2D eigenvalue weighted by Crippen LogP contribution is -2.39. The van der Waals surface area contributed by atoms with Crippen molar-refractivity contribution < 1.29 is 19.1 Å². The van der Waals surface area contributed by atoms with E-state index in [0.717, 1.165) is 25.7 Å². The molecule has 0 radical (unpaired) electrons. The van der Waals surface area contributed by atoms with Gasteiger partial charge < -0.3 is 14.8 Å². The van der Waals surface area contributed by atoms with Gasteiger partial charge in [-0.25, -0.2) is 4.79 Å². The monoisotopic (exact) mass is 285 g/mol. The van der Waals surface area contributed by atoms with Gasteiger partial charge in [0.15, 0.2) is 0 Å². The Morgan fingerprint density at radius 3 is 2.35 bits per heavy atom. The van der Waals surface area contributed by atoms with Gasteiger partial charge in [-0.2, -0.15) is 0 Å². The summed E-state index contributed by atoms with van der Waals surface area (Å²) in [6.07, 6.45) is 3.86. The molecule has 1 fully saturated rings. The van der Waals surface area contributed by atoms with Crippen LogP contribution in [-0.2, 0) is 14.3 Å². The van der Waals surface area contributed by atoms with Crippen LogP contribution in [0.5, 0.6) is 0 Å². The topological polar surface area (TPSA) is 64.6 Å². The van der Waals surface area contributed by atoms with Gasteiger partial charge in [-0.15, -0.1) is 0 Å². The van der Waals surface area contributed by atoms with E-state index in [-0.39, 0.29) is 11.9 Å². The first-order chi connectivity index (χ1) is 9.33. The van der Waals surface area contributed by atoms with Crippen molar-refractivity contribution in [2.24, 2.45) is 11.8 Å². The third-order valence-electron chi connectivity index (χ3n) is 3.42. The summed E-state index contributed by atoms with van der Waals surface area (Å²) in [6.45, 7) is 7.89. The fourth-order valence-corrected chi connectivity index (χ4v) is 2.56. The average Bonchev–Trinajstić information content (AvgIpc) is 2.80. The number of rotatable bonds is 5. The van der Waals surface area contributed by atoms with Crippen molar-refractivity contribution in [1.29, 1.82) is 0 Å². The first kappa shape index (κ1) is 16.8. The van der Waals surface area contributed by atoms with Crippen molar-refractivity contribution >= 4 is 12.1 Å². The second-order valence-electron chi connectivity index (χ2n) is 6.29. The summed E-state index contributed by atoms with van der Waals surface area (Å²) < 4.78 is 10.3. The van der Waals surface area contributed by atoms with E-state index in [9.17, 15) is 9.59 Å². The fourth-order valence-electron chi connectivity index (χ4n) is 2.56. The largest absolute Gasteiger partial charge is 0.466 e. The molecule has 0 heterocycles. The Morgan fingerprint density at radius 1 is 1.25 bits per heavy atom. The van der Waals surface area contributed by atoms with E-state index < -0.39 is 11.7 Å². The van der Waals surface area contributed by atoms with Gasteiger partial charge >= 0.3 is 12.1 Å². The van der Waals surface area contributed by atoms with Crippen LogP contribution in [0.4, 0.5) is 4.79 Å². The zero-order valence-electron chi connectivity index (χ0n) is 13.0. The van der Waals surface area contributed by atoms with E-state index in [0.29, 0.717) is 19.1 Å². The van der Waals surface area contributed by atoms with Crippen molar-refractivity contribution in [2.45, 2.75) is 59.0 Å². The van der Waals surface area contributed by atoms with Crippen LogP contribution in [0, 0.1) is 11.8 Å². The van der Waals surface area contributed by atoms with Gasteiger partial charge in [0.2, 0.25) is 0 Å². The summed E-state index contributed by atoms with van der Waals surface area (Å²) in [6, 6.07) is 0. The second-order valence-corrected chi connectivity index (χ2v) is 6.29. The Kier molecular flexibility index (Phi) is 6.30. The van der Waals surface area contributed by atoms with E-state index in [1.165, 1.54) is 0 Å². The van der Waals surface area contributed by atoms with Crippen LogP contribution in [-0.4, -0.2) is 30.8 Å². The molecule has 1 atom stereocenters. The minimum Gasteiger partial charge on any atom is -0.466 e.